The van der Waals surface area contributed by atoms with Gasteiger partial charge in [0.15, 0.2) is 11.5 Å². The molecule has 0 unspecified atom stereocenters. The number of carbonyl (C=O) groups excluding carboxylic acids is 1. The maximum Gasteiger partial charge on any atom is 0.259 e. The van der Waals surface area contributed by atoms with E-state index in [-0.39, 0.29) is 5.91 Å². The second-order valence-corrected chi connectivity index (χ2v) is 4.61. The van der Waals surface area contributed by atoms with E-state index in [1.54, 1.807) is 36.4 Å². The minimum atomic E-state index is -0.384. The van der Waals surface area contributed by atoms with Gasteiger partial charge in [-0.1, -0.05) is 23.7 Å². The first-order chi connectivity index (χ1) is 10.1. The lowest BCUT2D eigenvalue weighted by molar-refractivity contribution is 0.102. The summed E-state index contributed by atoms with van der Waals surface area (Å²) in [5.74, 6) is 0.436. The molecule has 21 heavy (non-hydrogen) atoms. The summed E-state index contributed by atoms with van der Waals surface area (Å²) >= 11 is 6.04. The molecule has 0 aliphatic carbocycles. The van der Waals surface area contributed by atoms with Crippen LogP contribution >= 0.6 is 11.6 Å². The van der Waals surface area contributed by atoms with Crippen molar-refractivity contribution >= 4 is 28.9 Å². The van der Waals surface area contributed by atoms with Crippen molar-refractivity contribution in [3.05, 3.63) is 47.0 Å². The van der Waals surface area contributed by atoms with Crippen LogP contribution in [0.4, 0.5) is 11.4 Å². The first-order valence-electron chi connectivity index (χ1n) is 6.14. The first kappa shape index (κ1) is 15.0. The SMILES string of the molecule is COc1cccc(C(=O)Nc2c(N)cccc2Cl)c1OC. The van der Waals surface area contributed by atoms with Crippen molar-refractivity contribution in [3.63, 3.8) is 0 Å². The smallest absolute Gasteiger partial charge is 0.259 e. The Morgan fingerprint density at radius 1 is 1.14 bits per heavy atom. The molecule has 0 radical (unpaired) electrons. The molecule has 0 atom stereocenters. The van der Waals surface area contributed by atoms with Gasteiger partial charge in [-0.25, -0.2) is 0 Å². The third-order valence-electron chi connectivity index (χ3n) is 2.93. The largest absolute Gasteiger partial charge is 0.493 e. The Balaban J connectivity index is 2.37. The molecule has 5 nitrogen and oxygen atoms in total. The molecule has 0 fully saturated rings. The Morgan fingerprint density at radius 2 is 1.86 bits per heavy atom. The van der Waals surface area contributed by atoms with E-state index in [0.29, 0.717) is 33.5 Å². The number of nitrogens with one attached hydrogen (secondary N) is 1. The first-order valence-corrected chi connectivity index (χ1v) is 6.52. The molecule has 0 bridgehead atoms. The molecule has 2 aromatic carbocycles. The molecule has 1 amide bonds. The number of nitrogen functional groups attached to an aromatic ring is 1. The summed E-state index contributed by atoms with van der Waals surface area (Å²) in [5, 5.41) is 3.06. The number of amides is 1. The Labute approximate surface area is 127 Å². The van der Waals surface area contributed by atoms with Crippen molar-refractivity contribution in [3.8, 4) is 11.5 Å². The molecule has 0 saturated heterocycles. The molecule has 0 saturated carbocycles. The highest BCUT2D eigenvalue weighted by Gasteiger charge is 2.18. The van der Waals surface area contributed by atoms with Crippen LogP contribution in [-0.4, -0.2) is 20.1 Å². The number of nitrogens with two attached hydrogens (primary N) is 1. The minimum Gasteiger partial charge on any atom is -0.493 e. The molecule has 0 heterocycles. The normalized spacial score (nSPS) is 10.0. The van der Waals surface area contributed by atoms with E-state index in [9.17, 15) is 4.79 Å². The fraction of sp³-hybridized carbons (Fsp3) is 0.133. The van der Waals surface area contributed by atoms with Gasteiger partial charge in [-0.15, -0.1) is 0 Å². The second-order valence-electron chi connectivity index (χ2n) is 4.20. The van der Waals surface area contributed by atoms with Crippen molar-refractivity contribution in [1.29, 1.82) is 0 Å². The number of benzene rings is 2. The molecule has 0 spiro atoms. The number of hydrogen-bond donors (Lipinski definition) is 2. The average molecular weight is 307 g/mol. The third-order valence-corrected chi connectivity index (χ3v) is 3.25. The van der Waals surface area contributed by atoms with Gasteiger partial charge in [0, 0.05) is 0 Å². The lowest BCUT2D eigenvalue weighted by atomic mass is 10.1. The van der Waals surface area contributed by atoms with E-state index in [0.717, 1.165) is 0 Å². The highest BCUT2D eigenvalue weighted by molar-refractivity contribution is 6.34. The number of carbonyl (C=O) groups is 1. The Kier molecular flexibility index (Phi) is 4.55. The summed E-state index contributed by atoms with van der Waals surface area (Å²) in [5.41, 5.74) is 6.91. The fourth-order valence-corrected chi connectivity index (χ4v) is 2.15. The summed E-state index contributed by atoms with van der Waals surface area (Å²) in [6.45, 7) is 0. The standard InChI is InChI=1S/C15H15ClN2O3/c1-20-12-8-3-5-9(14(12)21-2)15(19)18-13-10(16)6-4-7-11(13)17/h3-8H,17H2,1-2H3,(H,18,19). The maximum absolute atomic E-state index is 12.4. The van der Waals surface area contributed by atoms with Gasteiger partial charge in [0.05, 0.1) is 36.2 Å². The van der Waals surface area contributed by atoms with E-state index in [4.69, 9.17) is 26.8 Å². The number of para-hydroxylation sites is 2. The zero-order chi connectivity index (χ0) is 15.4. The second kappa shape index (κ2) is 6.37. The van der Waals surface area contributed by atoms with Gasteiger partial charge >= 0.3 is 0 Å². The van der Waals surface area contributed by atoms with E-state index in [1.165, 1.54) is 14.2 Å². The van der Waals surface area contributed by atoms with Crippen molar-refractivity contribution in [1.82, 2.24) is 0 Å². The van der Waals surface area contributed by atoms with E-state index in [1.807, 2.05) is 0 Å². The number of ether oxygens (including phenoxy) is 2. The molecule has 0 aliphatic rings. The van der Waals surface area contributed by atoms with Crippen LogP contribution in [0.15, 0.2) is 36.4 Å². The van der Waals surface area contributed by atoms with Gasteiger partial charge in [-0.05, 0) is 24.3 Å². The van der Waals surface area contributed by atoms with Gasteiger partial charge in [0.2, 0.25) is 0 Å². The highest BCUT2D eigenvalue weighted by atomic mass is 35.5. The molecular formula is C15H15ClN2O3. The topological polar surface area (TPSA) is 73.6 Å². The molecular weight excluding hydrogens is 292 g/mol. The van der Waals surface area contributed by atoms with Gasteiger partial charge in [-0.3, -0.25) is 4.79 Å². The summed E-state index contributed by atoms with van der Waals surface area (Å²) in [7, 11) is 2.98. The lowest BCUT2D eigenvalue weighted by Crippen LogP contribution is -2.15. The predicted molar refractivity (Wildman–Crippen MR) is 83.4 cm³/mol. The zero-order valence-corrected chi connectivity index (χ0v) is 12.4. The summed E-state index contributed by atoms with van der Waals surface area (Å²) in [4.78, 5) is 12.4. The third kappa shape index (κ3) is 3.03. The molecule has 3 N–H and O–H groups in total. The Bertz CT molecular complexity index is 654. The summed E-state index contributed by atoms with van der Waals surface area (Å²) < 4.78 is 10.4. The summed E-state index contributed by atoms with van der Waals surface area (Å²) in [6.07, 6.45) is 0. The van der Waals surface area contributed by atoms with Crippen molar-refractivity contribution in [2.45, 2.75) is 0 Å². The van der Waals surface area contributed by atoms with Crippen LogP contribution in [0.1, 0.15) is 10.4 Å². The van der Waals surface area contributed by atoms with Crippen molar-refractivity contribution in [2.24, 2.45) is 0 Å². The van der Waals surface area contributed by atoms with Crippen LogP contribution in [0.3, 0.4) is 0 Å². The van der Waals surface area contributed by atoms with E-state index in [2.05, 4.69) is 5.32 Å². The molecule has 0 aromatic heterocycles. The average Bonchev–Trinajstić information content (AvgIpc) is 2.49. The van der Waals surface area contributed by atoms with Gasteiger partial charge in [-0.2, -0.15) is 0 Å². The maximum atomic E-state index is 12.4. The van der Waals surface area contributed by atoms with Gasteiger partial charge in [0.25, 0.3) is 5.91 Å². The molecule has 2 rings (SSSR count). The molecule has 0 aliphatic heterocycles. The molecule has 2 aromatic rings. The number of anilines is 2. The zero-order valence-electron chi connectivity index (χ0n) is 11.6. The number of halogens is 1. The Hall–Kier alpha value is -2.40. The monoisotopic (exact) mass is 306 g/mol. The summed E-state index contributed by atoms with van der Waals surface area (Å²) in [6, 6.07) is 10.1. The quantitative estimate of drug-likeness (QED) is 0.851. The number of rotatable bonds is 4. The van der Waals surface area contributed by atoms with Crippen molar-refractivity contribution < 1.29 is 14.3 Å². The predicted octanol–water partition coefficient (Wildman–Crippen LogP) is 3.19. The fourth-order valence-electron chi connectivity index (χ4n) is 1.92. The molecule has 6 heteroatoms. The molecule has 110 valence electrons. The number of hydrogen-bond acceptors (Lipinski definition) is 4. The lowest BCUT2D eigenvalue weighted by Gasteiger charge is -2.14. The van der Waals surface area contributed by atoms with Crippen LogP contribution < -0.4 is 20.5 Å². The number of methoxy groups -OCH3 is 2. The van der Waals surface area contributed by atoms with Crippen LogP contribution in [0.5, 0.6) is 11.5 Å². The highest BCUT2D eigenvalue weighted by Crippen LogP contribution is 2.33. The minimum absolute atomic E-state index is 0.330. The van der Waals surface area contributed by atoms with E-state index < -0.39 is 0 Å². The van der Waals surface area contributed by atoms with Crippen LogP contribution in [-0.2, 0) is 0 Å². The van der Waals surface area contributed by atoms with Crippen LogP contribution in [0.2, 0.25) is 5.02 Å². The van der Waals surface area contributed by atoms with Crippen LogP contribution in [0, 0.1) is 0 Å². The van der Waals surface area contributed by atoms with Crippen LogP contribution in [0.25, 0.3) is 0 Å². The Morgan fingerprint density at radius 3 is 2.48 bits per heavy atom. The van der Waals surface area contributed by atoms with Gasteiger partial charge < -0.3 is 20.5 Å². The van der Waals surface area contributed by atoms with E-state index >= 15 is 0 Å². The van der Waals surface area contributed by atoms with Crippen molar-refractivity contribution in [2.75, 3.05) is 25.3 Å². The van der Waals surface area contributed by atoms with Gasteiger partial charge in [0.1, 0.15) is 0 Å².